The van der Waals surface area contributed by atoms with Gasteiger partial charge in [0.05, 0.1) is 11.3 Å². The van der Waals surface area contributed by atoms with Crippen LogP contribution in [0.4, 0.5) is 5.69 Å². The molecule has 2 aromatic rings. The number of oxime groups is 1. The van der Waals surface area contributed by atoms with Crippen molar-refractivity contribution in [1.82, 2.24) is 0 Å². The van der Waals surface area contributed by atoms with Gasteiger partial charge in [0.1, 0.15) is 5.71 Å². The van der Waals surface area contributed by atoms with Crippen molar-refractivity contribution in [3.63, 3.8) is 0 Å². The molecule has 2 aromatic carbocycles. The van der Waals surface area contributed by atoms with Gasteiger partial charge >= 0.3 is 0 Å². The Bertz CT molecular complexity index is 889. The SMILES string of the molecule is O=C1Sc2ccccc2/C1=C1/Nc2ccc(Br)cc2/C1=N\O. The molecule has 0 saturated carbocycles. The molecule has 6 heteroatoms. The van der Waals surface area contributed by atoms with E-state index in [4.69, 9.17) is 0 Å². The highest BCUT2D eigenvalue weighted by molar-refractivity contribution is 9.10. The fraction of sp³-hybridized carbons (Fsp3) is 0. The fourth-order valence-corrected chi connectivity index (χ4v) is 4.00. The van der Waals surface area contributed by atoms with Crippen LogP contribution in [0, 0.1) is 0 Å². The molecule has 0 aliphatic carbocycles. The lowest BCUT2D eigenvalue weighted by Crippen LogP contribution is -2.08. The molecule has 0 spiro atoms. The molecule has 0 unspecified atom stereocenters. The van der Waals surface area contributed by atoms with Crippen LogP contribution in [0.1, 0.15) is 11.1 Å². The minimum Gasteiger partial charge on any atom is -0.410 e. The maximum Gasteiger partial charge on any atom is 0.226 e. The molecule has 0 aromatic heterocycles. The van der Waals surface area contributed by atoms with E-state index < -0.39 is 0 Å². The van der Waals surface area contributed by atoms with Crippen LogP contribution < -0.4 is 5.32 Å². The highest BCUT2D eigenvalue weighted by atomic mass is 79.9. The number of fused-ring (bicyclic) bond motifs is 2. The largest absolute Gasteiger partial charge is 0.410 e. The van der Waals surface area contributed by atoms with E-state index in [1.807, 2.05) is 42.5 Å². The van der Waals surface area contributed by atoms with E-state index in [0.29, 0.717) is 17.0 Å². The first-order chi connectivity index (χ1) is 10.7. The lowest BCUT2D eigenvalue weighted by atomic mass is 10.0. The Hall–Kier alpha value is -2.05. The molecule has 4 rings (SSSR count). The Labute approximate surface area is 139 Å². The molecule has 2 aliphatic rings. The highest BCUT2D eigenvalue weighted by Gasteiger charge is 2.34. The number of carbonyl (C=O) groups excluding carboxylic acids is 1. The summed E-state index contributed by atoms with van der Waals surface area (Å²) in [5, 5.41) is 16.0. The van der Waals surface area contributed by atoms with Gasteiger partial charge in [-0.1, -0.05) is 39.3 Å². The van der Waals surface area contributed by atoms with E-state index in [2.05, 4.69) is 26.4 Å². The standard InChI is InChI=1S/C16H9BrN2O2S/c17-8-5-6-11-10(7-8)14(19-21)15(18-11)13-9-3-1-2-4-12(9)22-16(13)20/h1-7,18,21H/b15-13-,19-14+. The summed E-state index contributed by atoms with van der Waals surface area (Å²) in [4.78, 5) is 13.3. The summed E-state index contributed by atoms with van der Waals surface area (Å²) in [6.07, 6.45) is 0. The zero-order valence-electron chi connectivity index (χ0n) is 11.1. The van der Waals surface area contributed by atoms with Gasteiger partial charge < -0.3 is 10.5 Å². The molecule has 108 valence electrons. The molecule has 0 amide bonds. The van der Waals surface area contributed by atoms with Gasteiger partial charge in [-0.3, -0.25) is 4.79 Å². The van der Waals surface area contributed by atoms with Crippen LogP contribution in [0.2, 0.25) is 0 Å². The molecule has 0 atom stereocenters. The molecule has 0 bridgehead atoms. The normalized spacial score (nSPS) is 21.0. The number of nitrogens with one attached hydrogen (secondary N) is 1. The van der Waals surface area contributed by atoms with Gasteiger partial charge in [-0.2, -0.15) is 0 Å². The van der Waals surface area contributed by atoms with Gasteiger partial charge in [-0.25, -0.2) is 0 Å². The number of benzene rings is 2. The lowest BCUT2D eigenvalue weighted by Gasteiger charge is -2.05. The topological polar surface area (TPSA) is 61.7 Å². The van der Waals surface area contributed by atoms with Crippen LogP contribution in [0.3, 0.4) is 0 Å². The van der Waals surface area contributed by atoms with Gasteiger partial charge in [0.15, 0.2) is 0 Å². The van der Waals surface area contributed by atoms with Crippen LogP contribution in [0.25, 0.3) is 5.57 Å². The Kier molecular flexibility index (Phi) is 3.09. The second-order valence-electron chi connectivity index (χ2n) is 4.90. The maximum atomic E-state index is 12.4. The van der Waals surface area contributed by atoms with E-state index in [1.54, 1.807) is 0 Å². The quantitative estimate of drug-likeness (QED) is 0.415. The maximum absolute atomic E-state index is 12.4. The van der Waals surface area contributed by atoms with Crippen molar-refractivity contribution in [2.45, 2.75) is 4.90 Å². The van der Waals surface area contributed by atoms with Crippen molar-refractivity contribution in [3.8, 4) is 0 Å². The van der Waals surface area contributed by atoms with Crippen LogP contribution in [0.15, 0.2) is 62.7 Å². The molecule has 0 saturated heterocycles. The predicted molar refractivity (Wildman–Crippen MR) is 90.3 cm³/mol. The average molecular weight is 373 g/mol. The van der Waals surface area contributed by atoms with Gasteiger partial charge in [0, 0.05) is 26.2 Å². The van der Waals surface area contributed by atoms with E-state index in [1.165, 1.54) is 11.8 Å². The number of allylic oxidation sites excluding steroid dienone is 1. The van der Waals surface area contributed by atoms with E-state index >= 15 is 0 Å². The van der Waals surface area contributed by atoms with Gasteiger partial charge in [-0.15, -0.1) is 0 Å². The molecule has 2 N–H and O–H groups in total. The minimum absolute atomic E-state index is 0.0447. The van der Waals surface area contributed by atoms with Gasteiger partial charge in [0.25, 0.3) is 0 Å². The molecule has 4 nitrogen and oxygen atoms in total. The Balaban J connectivity index is 1.96. The second-order valence-corrected chi connectivity index (χ2v) is 6.83. The number of carbonyl (C=O) groups is 1. The number of halogens is 1. The molecule has 2 heterocycles. The summed E-state index contributed by atoms with van der Waals surface area (Å²) < 4.78 is 0.882. The van der Waals surface area contributed by atoms with E-state index in [-0.39, 0.29) is 5.12 Å². The highest BCUT2D eigenvalue weighted by Crippen LogP contribution is 2.44. The summed E-state index contributed by atoms with van der Waals surface area (Å²) in [7, 11) is 0. The van der Waals surface area contributed by atoms with Crippen molar-refractivity contribution >= 4 is 49.8 Å². The zero-order valence-corrected chi connectivity index (χ0v) is 13.5. The molecule has 2 aliphatic heterocycles. The first-order valence-corrected chi connectivity index (χ1v) is 8.15. The molecular weight excluding hydrogens is 364 g/mol. The molecule has 0 radical (unpaired) electrons. The van der Waals surface area contributed by atoms with Crippen molar-refractivity contribution in [3.05, 3.63) is 63.8 Å². The van der Waals surface area contributed by atoms with Crippen molar-refractivity contribution in [2.75, 3.05) is 5.32 Å². The number of hydrogen-bond donors (Lipinski definition) is 2. The van der Waals surface area contributed by atoms with Gasteiger partial charge in [-0.05, 0) is 36.0 Å². The van der Waals surface area contributed by atoms with Crippen LogP contribution in [0.5, 0.6) is 0 Å². The van der Waals surface area contributed by atoms with Crippen molar-refractivity contribution < 1.29 is 10.0 Å². The number of thioether (sulfide) groups is 1. The Morgan fingerprint density at radius 1 is 1.14 bits per heavy atom. The number of nitrogens with zero attached hydrogens (tertiary/aromatic N) is 1. The van der Waals surface area contributed by atoms with Crippen molar-refractivity contribution in [2.24, 2.45) is 5.16 Å². The average Bonchev–Trinajstić information content (AvgIpc) is 3.02. The summed E-state index contributed by atoms with van der Waals surface area (Å²) in [5.74, 6) is 0. The van der Waals surface area contributed by atoms with Gasteiger partial charge in [0.2, 0.25) is 5.12 Å². The smallest absolute Gasteiger partial charge is 0.226 e. The third-order valence-corrected chi connectivity index (χ3v) is 5.11. The summed E-state index contributed by atoms with van der Waals surface area (Å²) in [6, 6.07) is 13.3. The third kappa shape index (κ3) is 1.91. The summed E-state index contributed by atoms with van der Waals surface area (Å²) in [6.45, 7) is 0. The Morgan fingerprint density at radius 2 is 1.95 bits per heavy atom. The molecule has 0 fully saturated rings. The lowest BCUT2D eigenvalue weighted by molar-refractivity contribution is -0.106. The van der Waals surface area contributed by atoms with Crippen LogP contribution in [-0.4, -0.2) is 16.0 Å². The monoisotopic (exact) mass is 372 g/mol. The van der Waals surface area contributed by atoms with Crippen LogP contribution >= 0.6 is 27.7 Å². The van der Waals surface area contributed by atoms with E-state index in [9.17, 15) is 10.0 Å². The zero-order chi connectivity index (χ0) is 15.3. The first kappa shape index (κ1) is 13.6. The first-order valence-electron chi connectivity index (χ1n) is 6.54. The fourth-order valence-electron chi connectivity index (χ4n) is 2.69. The number of rotatable bonds is 0. The summed E-state index contributed by atoms with van der Waals surface area (Å²) in [5.41, 5.74) is 3.95. The van der Waals surface area contributed by atoms with Crippen LogP contribution in [-0.2, 0) is 4.79 Å². The third-order valence-electron chi connectivity index (χ3n) is 3.65. The number of hydrogen-bond acceptors (Lipinski definition) is 5. The Morgan fingerprint density at radius 3 is 2.77 bits per heavy atom. The number of anilines is 1. The minimum atomic E-state index is -0.0447. The van der Waals surface area contributed by atoms with E-state index in [0.717, 1.165) is 26.2 Å². The summed E-state index contributed by atoms with van der Waals surface area (Å²) >= 11 is 4.61. The molecular formula is C16H9BrN2O2S. The molecule has 22 heavy (non-hydrogen) atoms. The predicted octanol–water partition coefficient (Wildman–Crippen LogP) is 4.10. The second kappa shape index (κ2) is 5.00. The van der Waals surface area contributed by atoms with Crippen molar-refractivity contribution in [1.29, 1.82) is 0 Å².